The summed E-state index contributed by atoms with van der Waals surface area (Å²) in [5, 5.41) is 0.847. The molecule has 3 aromatic carbocycles. The van der Waals surface area contributed by atoms with E-state index in [0.29, 0.717) is 17.7 Å². The summed E-state index contributed by atoms with van der Waals surface area (Å²) in [6.07, 6.45) is 4.98. The molecule has 3 atom stereocenters. The first kappa shape index (κ1) is 29.1. The van der Waals surface area contributed by atoms with E-state index < -0.39 is 25.7 Å². The number of pyridine rings is 1. The molecule has 1 aliphatic carbocycles. The molecule has 1 saturated carbocycles. The molecule has 0 aliphatic heterocycles. The Morgan fingerprint density at radius 3 is 2.41 bits per heavy atom. The van der Waals surface area contributed by atoms with E-state index in [9.17, 15) is 22.0 Å². The highest BCUT2D eigenvalue weighted by atomic mass is 32.2. The third kappa shape index (κ3) is 5.71. The van der Waals surface area contributed by atoms with Gasteiger partial charge in [0.1, 0.15) is 0 Å². The van der Waals surface area contributed by atoms with E-state index in [1.54, 1.807) is 30.2 Å². The highest BCUT2D eigenvalue weighted by molar-refractivity contribution is 7.90. The lowest BCUT2D eigenvalue weighted by atomic mass is 9.90. The van der Waals surface area contributed by atoms with Crippen LogP contribution in [0.3, 0.4) is 0 Å². The third-order valence-corrected chi connectivity index (χ3v) is 10.5. The standard InChI is InChI=1S/C32H34N2O5S2/c1-5-32(3,40(36)37)26-19-25-10-7-17-33-30(25)29(20-26)24-9-6-8-23(18-24)21(2)34(31(35)22-11-12-22)27-13-15-28(16-14-27)41(4,38)39/h6-10,13-22H,5,11-12H2,1-4H3,(H,36,37)/p-1. The Labute approximate surface area is 243 Å². The molecule has 0 bridgehead atoms. The van der Waals surface area contributed by atoms with Gasteiger partial charge in [0.2, 0.25) is 5.91 Å². The molecule has 1 fully saturated rings. The van der Waals surface area contributed by atoms with Gasteiger partial charge in [-0.3, -0.25) is 14.0 Å². The lowest BCUT2D eigenvalue weighted by Crippen LogP contribution is -2.34. The Morgan fingerprint density at radius 2 is 1.80 bits per heavy atom. The molecule has 5 rings (SSSR count). The van der Waals surface area contributed by atoms with Crippen molar-refractivity contribution in [1.82, 2.24) is 4.98 Å². The SMILES string of the molecule is CCC(C)(c1cc(-c2cccc(C(C)N(C(=O)C3CC3)c3ccc(S(C)(=O)=O)cc3)c2)c2ncccc2c1)S(=O)[O-]. The smallest absolute Gasteiger partial charge is 0.230 e. The van der Waals surface area contributed by atoms with Crippen molar-refractivity contribution in [3.8, 4) is 11.1 Å². The van der Waals surface area contributed by atoms with Crippen LogP contribution in [0.5, 0.6) is 0 Å². The zero-order valence-electron chi connectivity index (χ0n) is 23.5. The number of benzene rings is 3. The Bertz CT molecular complexity index is 1750. The van der Waals surface area contributed by atoms with Crippen molar-refractivity contribution < 1.29 is 22.0 Å². The number of anilines is 1. The minimum Gasteiger partial charge on any atom is -0.772 e. The largest absolute Gasteiger partial charge is 0.772 e. The van der Waals surface area contributed by atoms with Crippen molar-refractivity contribution in [2.24, 2.45) is 5.92 Å². The molecule has 0 spiro atoms. The normalized spacial score (nSPS) is 16.6. The molecule has 0 radical (unpaired) electrons. The molecular weight excluding hydrogens is 556 g/mol. The number of hydrogen-bond acceptors (Lipinski definition) is 6. The van der Waals surface area contributed by atoms with Crippen molar-refractivity contribution >= 4 is 43.4 Å². The van der Waals surface area contributed by atoms with Crippen molar-refractivity contribution in [2.45, 2.75) is 55.7 Å². The maximum Gasteiger partial charge on any atom is 0.230 e. The van der Waals surface area contributed by atoms with Crippen LogP contribution in [0.2, 0.25) is 0 Å². The molecule has 41 heavy (non-hydrogen) atoms. The Kier molecular flexibility index (Phi) is 7.89. The van der Waals surface area contributed by atoms with E-state index in [4.69, 9.17) is 0 Å². The van der Waals surface area contributed by atoms with Crippen LogP contribution < -0.4 is 4.90 Å². The number of amides is 1. The molecule has 3 unspecified atom stereocenters. The molecule has 1 heterocycles. The topological polar surface area (TPSA) is 107 Å². The third-order valence-electron chi connectivity index (χ3n) is 8.13. The molecule has 0 N–H and O–H groups in total. The van der Waals surface area contributed by atoms with Gasteiger partial charge < -0.3 is 9.45 Å². The fraction of sp³-hybridized carbons (Fsp3) is 0.312. The molecule has 1 aromatic heterocycles. The molecule has 0 saturated heterocycles. The van der Waals surface area contributed by atoms with Crippen LogP contribution in [0, 0.1) is 5.92 Å². The maximum atomic E-state index is 13.5. The van der Waals surface area contributed by atoms with Gasteiger partial charge in [0.15, 0.2) is 9.84 Å². The zero-order valence-corrected chi connectivity index (χ0v) is 25.2. The summed E-state index contributed by atoms with van der Waals surface area (Å²) < 4.78 is 47.6. The Hall–Kier alpha value is -3.40. The van der Waals surface area contributed by atoms with Crippen LogP contribution in [0.4, 0.5) is 5.69 Å². The van der Waals surface area contributed by atoms with Gasteiger partial charge in [-0.2, -0.15) is 0 Å². The van der Waals surface area contributed by atoms with Gasteiger partial charge in [-0.25, -0.2) is 8.42 Å². The number of carbonyl (C=O) groups excluding carboxylic acids is 1. The van der Waals surface area contributed by atoms with Crippen molar-refractivity contribution in [2.75, 3.05) is 11.2 Å². The summed E-state index contributed by atoms with van der Waals surface area (Å²) in [5.41, 5.74) is 4.66. The van der Waals surface area contributed by atoms with E-state index in [-0.39, 0.29) is 22.8 Å². The first-order chi connectivity index (χ1) is 19.4. The first-order valence-corrected chi connectivity index (χ1v) is 16.6. The van der Waals surface area contributed by atoms with Gasteiger partial charge in [0, 0.05) is 35.0 Å². The summed E-state index contributed by atoms with van der Waals surface area (Å²) in [6, 6.07) is 21.6. The summed E-state index contributed by atoms with van der Waals surface area (Å²) in [4.78, 5) is 20.1. The van der Waals surface area contributed by atoms with Gasteiger partial charge in [-0.15, -0.1) is 0 Å². The van der Waals surface area contributed by atoms with E-state index in [0.717, 1.165) is 46.7 Å². The number of carbonyl (C=O) groups is 1. The minimum absolute atomic E-state index is 0.0146. The zero-order chi connectivity index (χ0) is 29.5. The summed E-state index contributed by atoms with van der Waals surface area (Å²) in [7, 11) is -3.37. The molecule has 9 heteroatoms. The first-order valence-electron chi connectivity index (χ1n) is 13.7. The van der Waals surface area contributed by atoms with Crippen molar-refractivity contribution in [1.29, 1.82) is 0 Å². The van der Waals surface area contributed by atoms with E-state index in [1.165, 1.54) is 12.1 Å². The van der Waals surface area contributed by atoms with Gasteiger partial charge in [-0.1, -0.05) is 31.2 Å². The molecule has 1 aliphatic rings. The average molecular weight is 590 g/mol. The number of nitrogens with zero attached hydrogens (tertiary/aromatic N) is 2. The van der Waals surface area contributed by atoms with Crippen molar-refractivity contribution in [3.05, 3.63) is 90.1 Å². The van der Waals surface area contributed by atoms with E-state index in [2.05, 4.69) is 4.98 Å². The molecule has 214 valence electrons. The Balaban J connectivity index is 1.60. The Morgan fingerprint density at radius 1 is 1.10 bits per heavy atom. The average Bonchev–Trinajstić information content (AvgIpc) is 3.82. The lowest BCUT2D eigenvalue weighted by Gasteiger charge is -2.32. The van der Waals surface area contributed by atoms with Crippen molar-refractivity contribution in [3.63, 3.8) is 0 Å². The van der Waals surface area contributed by atoms with Crippen LogP contribution in [0.15, 0.2) is 83.9 Å². The van der Waals surface area contributed by atoms with Crippen LogP contribution in [0.1, 0.15) is 57.2 Å². The molecule has 4 aromatic rings. The molecule has 7 nitrogen and oxygen atoms in total. The molecular formula is C32H33N2O5S2-. The van der Waals surface area contributed by atoms with Crippen LogP contribution in [-0.2, 0) is 30.5 Å². The quantitative estimate of drug-likeness (QED) is 0.212. The predicted molar refractivity (Wildman–Crippen MR) is 162 cm³/mol. The highest BCUT2D eigenvalue weighted by Gasteiger charge is 2.36. The molecule has 1 amide bonds. The van der Waals surface area contributed by atoms with Crippen LogP contribution in [0.25, 0.3) is 22.0 Å². The summed E-state index contributed by atoms with van der Waals surface area (Å²) >= 11 is -2.33. The van der Waals surface area contributed by atoms with Gasteiger partial charge >= 0.3 is 0 Å². The summed E-state index contributed by atoms with van der Waals surface area (Å²) in [6.45, 7) is 5.55. The number of sulfone groups is 1. The monoisotopic (exact) mass is 589 g/mol. The second-order valence-electron chi connectivity index (χ2n) is 11.0. The lowest BCUT2D eigenvalue weighted by molar-refractivity contribution is -0.120. The van der Waals surface area contributed by atoms with Crippen LogP contribution in [-0.4, -0.2) is 34.3 Å². The number of hydrogen-bond donors (Lipinski definition) is 0. The maximum absolute atomic E-state index is 13.5. The minimum atomic E-state index is -3.37. The van der Waals surface area contributed by atoms with Crippen LogP contribution >= 0.6 is 0 Å². The van der Waals surface area contributed by atoms with Gasteiger partial charge in [0.25, 0.3) is 0 Å². The van der Waals surface area contributed by atoms with Gasteiger partial charge in [-0.05, 0) is 109 Å². The van der Waals surface area contributed by atoms with E-state index in [1.807, 2.05) is 62.4 Å². The predicted octanol–water partition coefficient (Wildman–Crippen LogP) is 6.31. The van der Waals surface area contributed by atoms with Gasteiger partial charge in [0.05, 0.1) is 21.2 Å². The fourth-order valence-electron chi connectivity index (χ4n) is 5.17. The highest BCUT2D eigenvalue weighted by Crippen LogP contribution is 2.40. The second kappa shape index (κ2) is 11.1. The van der Waals surface area contributed by atoms with E-state index >= 15 is 0 Å². The number of fused-ring (bicyclic) bond motifs is 1. The number of rotatable bonds is 9. The number of aromatic nitrogens is 1. The fourth-order valence-corrected chi connectivity index (χ4v) is 6.35. The second-order valence-corrected chi connectivity index (χ2v) is 14.4. The summed E-state index contributed by atoms with van der Waals surface area (Å²) in [5.74, 6) is -0.0273.